The average molecular weight is 563 g/mol. The molecule has 0 spiro atoms. The number of hydrogen-bond acceptors (Lipinski definition) is 6. The van der Waals surface area contributed by atoms with E-state index < -0.39 is 37.0 Å². The molecule has 35 heavy (non-hydrogen) atoms. The smallest absolute Gasteiger partial charge is 0.274 e. The van der Waals surface area contributed by atoms with Crippen LogP contribution in [0.1, 0.15) is 25.7 Å². The normalized spacial score (nSPS) is 12.1. The Balaban J connectivity index is 2.09. The predicted molar refractivity (Wildman–Crippen MR) is 124 cm³/mol. The van der Waals surface area contributed by atoms with E-state index in [-0.39, 0.29) is 46.7 Å². The summed E-state index contributed by atoms with van der Waals surface area (Å²) < 4.78 is 75.1. The van der Waals surface area contributed by atoms with E-state index in [2.05, 4.69) is 10.1 Å². The van der Waals surface area contributed by atoms with Gasteiger partial charge in [-0.15, -0.1) is 0 Å². The maximum atomic E-state index is 12.9. The third-order valence-corrected chi connectivity index (χ3v) is 6.52. The van der Waals surface area contributed by atoms with Crippen molar-refractivity contribution >= 4 is 52.6 Å². The van der Waals surface area contributed by atoms with Crippen LogP contribution in [0.5, 0.6) is 0 Å². The molecular weight excluding hydrogens is 542 g/mol. The third-order valence-electron chi connectivity index (χ3n) is 4.28. The number of thioether (sulfide) groups is 2. The fourth-order valence-electron chi connectivity index (χ4n) is 2.65. The van der Waals surface area contributed by atoms with Crippen molar-refractivity contribution in [3.05, 3.63) is 35.9 Å². The fourth-order valence-corrected chi connectivity index (χ4v) is 4.66. The molecule has 0 saturated heterocycles. The van der Waals surface area contributed by atoms with E-state index >= 15 is 0 Å². The highest BCUT2D eigenvalue weighted by Crippen LogP contribution is 2.29. The molecule has 0 aliphatic rings. The molecule has 0 radical (unpaired) electrons. The van der Waals surface area contributed by atoms with Gasteiger partial charge in [0, 0.05) is 42.0 Å². The molecule has 0 fully saturated rings. The van der Waals surface area contributed by atoms with Crippen LogP contribution in [-0.2, 0) is 9.59 Å². The van der Waals surface area contributed by atoms with Crippen LogP contribution < -0.4 is 4.90 Å². The quantitative estimate of drug-likeness (QED) is 0.236. The Bertz CT molecular complexity index is 937. The second-order valence-corrected chi connectivity index (χ2v) is 9.85. The van der Waals surface area contributed by atoms with Gasteiger partial charge >= 0.3 is 12.4 Å². The van der Waals surface area contributed by atoms with E-state index in [1.54, 1.807) is 12.1 Å². The van der Waals surface area contributed by atoms with Crippen LogP contribution >= 0.6 is 35.1 Å². The number of carbonyl (C=O) groups excluding carboxylic acids is 2. The molecule has 0 N–H and O–H groups in total. The maximum absolute atomic E-state index is 12.9. The van der Waals surface area contributed by atoms with Gasteiger partial charge in [0.25, 0.3) is 0 Å². The summed E-state index contributed by atoms with van der Waals surface area (Å²) in [6, 6.07) is 3.29. The number of carbonyl (C=O) groups is 2. The van der Waals surface area contributed by atoms with Gasteiger partial charge in [-0.05, 0) is 12.1 Å². The maximum Gasteiger partial charge on any atom is 0.389 e. The van der Waals surface area contributed by atoms with Crippen LogP contribution in [0.4, 0.5) is 32.0 Å². The lowest BCUT2D eigenvalue weighted by atomic mass is 10.3. The summed E-state index contributed by atoms with van der Waals surface area (Å²) in [7, 11) is 0. The average Bonchev–Trinajstić information content (AvgIpc) is 3.13. The lowest BCUT2D eigenvalue weighted by Gasteiger charge is -2.20. The number of rotatable bonds is 12. The third kappa shape index (κ3) is 10.7. The van der Waals surface area contributed by atoms with E-state index in [1.165, 1.54) is 23.3 Å². The monoisotopic (exact) mass is 562 g/mol. The summed E-state index contributed by atoms with van der Waals surface area (Å²) in [6.45, 7) is 0. The predicted octanol–water partition coefficient (Wildman–Crippen LogP) is 5.93. The van der Waals surface area contributed by atoms with E-state index in [0.29, 0.717) is 5.69 Å². The van der Waals surface area contributed by atoms with Crippen LogP contribution in [-0.4, -0.2) is 61.9 Å². The molecule has 2 amide bonds. The highest BCUT2D eigenvalue weighted by molar-refractivity contribution is 7.99. The summed E-state index contributed by atoms with van der Waals surface area (Å²) in [5.74, 6) is -1.81. The van der Waals surface area contributed by atoms with E-state index in [4.69, 9.17) is 11.6 Å². The highest BCUT2D eigenvalue weighted by atomic mass is 35.5. The zero-order valence-electron chi connectivity index (χ0n) is 18.1. The molecule has 0 atom stereocenters. The number of amides is 2. The molecule has 2 aromatic heterocycles. The lowest BCUT2D eigenvalue weighted by Crippen LogP contribution is -2.37. The summed E-state index contributed by atoms with van der Waals surface area (Å²) in [6.07, 6.45) is -6.79. The van der Waals surface area contributed by atoms with Gasteiger partial charge in [-0.25, -0.2) is 9.58 Å². The number of hydrogen-bond donors (Lipinski definition) is 0. The van der Waals surface area contributed by atoms with Crippen molar-refractivity contribution in [3.8, 4) is 5.69 Å². The summed E-state index contributed by atoms with van der Waals surface area (Å²) >= 11 is 8.02. The van der Waals surface area contributed by atoms with Crippen LogP contribution in [0, 0.1) is 0 Å². The van der Waals surface area contributed by atoms with Crippen LogP contribution in [0.3, 0.4) is 0 Å². The number of nitrogens with zero attached hydrogens (tertiary/aromatic N) is 4. The van der Waals surface area contributed by atoms with Crippen molar-refractivity contribution in [1.82, 2.24) is 14.8 Å². The number of aromatic nitrogens is 3. The first-order valence-corrected chi connectivity index (χ1v) is 12.9. The first-order chi connectivity index (χ1) is 16.4. The number of pyridine rings is 1. The molecule has 2 rings (SSSR count). The molecule has 15 heteroatoms. The van der Waals surface area contributed by atoms with Gasteiger partial charge in [-0.2, -0.15) is 55.0 Å². The van der Waals surface area contributed by atoms with E-state index in [0.717, 1.165) is 28.4 Å². The van der Waals surface area contributed by atoms with Gasteiger partial charge in [-0.3, -0.25) is 14.6 Å². The van der Waals surface area contributed by atoms with Crippen molar-refractivity contribution < 1.29 is 35.9 Å². The second-order valence-electron chi connectivity index (χ2n) is 7.04. The Morgan fingerprint density at radius 2 is 1.49 bits per heavy atom. The zero-order valence-corrected chi connectivity index (χ0v) is 20.5. The highest BCUT2D eigenvalue weighted by Gasteiger charge is 2.29. The lowest BCUT2D eigenvalue weighted by molar-refractivity contribution is -0.130. The molecule has 0 aliphatic carbocycles. The van der Waals surface area contributed by atoms with Crippen LogP contribution in [0.25, 0.3) is 5.69 Å². The molecule has 0 unspecified atom stereocenters. The Morgan fingerprint density at radius 1 is 0.943 bits per heavy atom. The molecule has 0 aliphatic heterocycles. The van der Waals surface area contributed by atoms with Gasteiger partial charge < -0.3 is 0 Å². The SMILES string of the molecule is O=C(CCSCCC(F)(F)F)N(C(=O)CCSCCC(F)(F)F)c1cn(-c2cccnc2)nc1Cl. The second kappa shape index (κ2) is 13.4. The summed E-state index contributed by atoms with van der Waals surface area (Å²) in [5, 5.41) is 3.90. The molecule has 0 saturated carbocycles. The van der Waals surface area contributed by atoms with Gasteiger partial charge in [0.1, 0.15) is 5.69 Å². The van der Waals surface area contributed by atoms with Crippen LogP contribution in [0.15, 0.2) is 30.7 Å². The first-order valence-electron chi connectivity index (χ1n) is 10.2. The van der Waals surface area contributed by atoms with Crippen molar-refractivity contribution in [2.45, 2.75) is 38.0 Å². The molecule has 6 nitrogen and oxygen atoms in total. The van der Waals surface area contributed by atoms with Crippen molar-refractivity contribution in [2.24, 2.45) is 0 Å². The topological polar surface area (TPSA) is 68.1 Å². The summed E-state index contributed by atoms with van der Waals surface area (Å²) in [5.41, 5.74) is 0.456. The number of halogens is 7. The summed E-state index contributed by atoms with van der Waals surface area (Å²) in [4.78, 5) is 30.5. The minimum absolute atomic E-state index is 0.0351. The van der Waals surface area contributed by atoms with Gasteiger partial charge in [0.15, 0.2) is 5.15 Å². The number of imide groups is 1. The van der Waals surface area contributed by atoms with Gasteiger partial charge in [0.2, 0.25) is 11.8 Å². The Hall–Kier alpha value is -1.93. The minimum atomic E-state index is -4.31. The Morgan fingerprint density at radius 3 is 1.94 bits per heavy atom. The molecule has 0 aromatic carbocycles. The fraction of sp³-hybridized carbons (Fsp3) is 0.500. The van der Waals surface area contributed by atoms with Crippen LogP contribution in [0.2, 0.25) is 5.15 Å². The molecule has 194 valence electrons. The van der Waals surface area contributed by atoms with E-state index in [9.17, 15) is 35.9 Å². The van der Waals surface area contributed by atoms with E-state index in [1.807, 2.05) is 0 Å². The Labute approximate surface area is 210 Å². The zero-order chi connectivity index (χ0) is 26.1. The number of anilines is 1. The largest absolute Gasteiger partial charge is 0.389 e. The minimum Gasteiger partial charge on any atom is -0.274 e. The van der Waals surface area contributed by atoms with Crippen molar-refractivity contribution in [1.29, 1.82) is 0 Å². The number of alkyl halides is 6. The molecule has 2 heterocycles. The molecular formula is C20H21ClF6N4O2S2. The first kappa shape index (κ1) is 29.3. The molecule has 0 bridgehead atoms. The van der Waals surface area contributed by atoms with Crippen molar-refractivity contribution in [3.63, 3.8) is 0 Å². The Kier molecular flexibility index (Phi) is 11.2. The van der Waals surface area contributed by atoms with Gasteiger partial charge in [0.05, 0.1) is 30.9 Å². The van der Waals surface area contributed by atoms with Gasteiger partial charge in [-0.1, -0.05) is 11.6 Å². The molecule has 2 aromatic rings. The standard InChI is InChI=1S/C20H21ClF6N4O2S2/c21-18-15(13-30(29-18)14-2-1-7-28-12-14)31(16(32)3-8-34-10-5-19(22,23)24)17(33)4-9-35-11-6-20(25,26)27/h1-2,7,12-13H,3-6,8-11H2. The van der Waals surface area contributed by atoms with Crippen molar-refractivity contribution in [2.75, 3.05) is 27.9 Å².